The first-order chi connectivity index (χ1) is 12.5. The number of hydrogen-bond acceptors (Lipinski definition) is 3. The second-order valence-electron chi connectivity index (χ2n) is 5.96. The zero-order valence-electron chi connectivity index (χ0n) is 14.0. The molecule has 0 unspecified atom stereocenters. The Labute approximate surface area is 161 Å². The molecule has 5 nitrogen and oxygen atoms in total. The van der Waals surface area contributed by atoms with Crippen LogP contribution in [-0.4, -0.2) is 25.0 Å². The quantitative estimate of drug-likeness (QED) is 0.812. The second kappa shape index (κ2) is 8.43. The number of ether oxygens (including phenoxy) is 1. The number of amides is 2. The van der Waals surface area contributed by atoms with Crippen LogP contribution in [0.5, 0.6) is 5.75 Å². The number of carbonyl (C=O) groups excluding carboxylic acids is 2. The van der Waals surface area contributed by atoms with Crippen molar-refractivity contribution < 1.29 is 14.3 Å². The van der Waals surface area contributed by atoms with E-state index in [0.717, 1.165) is 25.1 Å². The van der Waals surface area contributed by atoms with Crippen LogP contribution in [0.1, 0.15) is 19.3 Å². The van der Waals surface area contributed by atoms with E-state index >= 15 is 0 Å². The summed E-state index contributed by atoms with van der Waals surface area (Å²) in [5, 5.41) is 3.59. The molecule has 1 aliphatic rings. The Kier molecular flexibility index (Phi) is 6.01. The molecule has 0 aromatic heterocycles. The summed E-state index contributed by atoms with van der Waals surface area (Å²) < 4.78 is 5.40. The van der Waals surface area contributed by atoms with Gasteiger partial charge in [-0.1, -0.05) is 23.2 Å². The molecule has 1 heterocycles. The van der Waals surface area contributed by atoms with Gasteiger partial charge in [-0.3, -0.25) is 9.59 Å². The van der Waals surface area contributed by atoms with Crippen molar-refractivity contribution in [3.8, 4) is 5.75 Å². The minimum atomic E-state index is -0.308. The number of anilines is 2. The van der Waals surface area contributed by atoms with Crippen molar-refractivity contribution >= 4 is 46.4 Å². The van der Waals surface area contributed by atoms with E-state index in [1.54, 1.807) is 35.2 Å². The molecule has 136 valence electrons. The SMILES string of the molecule is O=C(COc1ccc(Cl)cc1Cl)Nc1ccc(N2CCCCC2=O)cc1. The van der Waals surface area contributed by atoms with Gasteiger partial charge < -0.3 is 15.0 Å². The molecular formula is C19H18Cl2N2O3. The van der Waals surface area contributed by atoms with Crippen LogP contribution >= 0.6 is 23.2 Å². The summed E-state index contributed by atoms with van der Waals surface area (Å²) in [6, 6.07) is 12.0. The average Bonchev–Trinajstić information content (AvgIpc) is 2.62. The van der Waals surface area contributed by atoms with E-state index in [1.807, 2.05) is 12.1 Å². The van der Waals surface area contributed by atoms with Gasteiger partial charge in [0.1, 0.15) is 5.75 Å². The van der Waals surface area contributed by atoms with E-state index in [1.165, 1.54) is 0 Å². The molecule has 0 spiro atoms. The molecule has 0 aliphatic carbocycles. The van der Waals surface area contributed by atoms with Crippen LogP contribution in [0.3, 0.4) is 0 Å². The van der Waals surface area contributed by atoms with Crippen LogP contribution in [0.25, 0.3) is 0 Å². The zero-order valence-corrected chi connectivity index (χ0v) is 15.5. The molecule has 2 aromatic rings. The molecule has 1 aliphatic heterocycles. The summed E-state index contributed by atoms with van der Waals surface area (Å²) in [6.45, 7) is 0.563. The highest BCUT2D eigenvalue weighted by Gasteiger charge is 2.19. The number of hydrogen-bond donors (Lipinski definition) is 1. The molecule has 2 aromatic carbocycles. The van der Waals surface area contributed by atoms with Crippen molar-refractivity contribution in [2.75, 3.05) is 23.4 Å². The molecule has 0 saturated carbocycles. The predicted octanol–water partition coefficient (Wildman–Crippen LogP) is 4.53. The van der Waals surface area contributed by atoms with Gasteiger partial charge in [0.05, 0.1) is 5.02 Å². The summed E-state index contributed by atoms with van der Waals surface area (Å²) in [7, 11) is 0. The topological polar surface area (TPSA) is 58.6 Å². The van der Waals surface area contributed by atoms with Crippen LogP contribution < -0.4 is 15.0 Å². The van der Waals surface area contributed by atoms with Gasteiger partial charge in [0.25, 0.3) is 5.91 Å². The van der Waals surface area contributed by atoms with Gasteiger partial charge >= 0.3 is 0 Å². The highest BCUT2D eigenvalue weighted by Crippen LogP contribution is 2.27. The Morgan fingerprint density at radius 2 is 1.88 bits per heavy atom. The summed E-state index contributed by atoms with van der Waals surface area (Å²) in [6.07, 6.45) is 2.54. The highest BCUT2D eigenvalue weighted by molar-refractivity contribution is 6.35. The van der Waals surface area contributed by atoms with Crippen LogP contribution in [-0.2, 0) is 9.59 Å². The first-order valence-electron chi connectivity index (χ1n) is 8.31. The third-order valence-corrected chi connectivity index (χ3v) is 4.57. The van der Waals surface area contributed by atoms with Crippen LogP contribution in [0, 0.1) is 0 Å². The maximum atomic E-state index is 12.0. The minimum Gasteiger partial charge on any atom is -0.482 e. The summed E-state index contributed by atoms with van der Waals surface area (Å²) >= 11 is 11.8. The third-order valence-electron chi connectivity index (χ3n) is 4.04. The fourth-order valence-corrected chi connectivity index (χ4v) is 3.20. The Morgan fingerprint density at radius 1 is 1.12 bits per heavy atom. The standard InChI is InChI=1S/C19H18Cl2N2O3/c20-13-4-9-17(16(21)11-13)26-12-18(24)22-14-5-7-15(8-6-14)23-10-2-1-3-19(23)25/h4-9,11H,1-3,10,12H2,(H,22,24). The Balaban J connectivity index is 1.55. The molecule has 26 heavy (non-hydrogen) atoms. The zero-order chi connectivity index (χ0) is 18.5. The summed E-state index contributed by atoms with van der Waals surface area (Å²) in [5.74, 6) is 0.226. The molecule has 0 radical (unpaired) electrons. The molecule has 7 heteroatoms. The van der Waals surface area contributed by atoms with Gasteiger partial charge in [-0.25, -0.2) is 0 Å². The molecule has 1 fully saturated rings. The van der Waals surface area contributed by atoms with Gasteiger partial charge in [-0.2, -0.15) is 0 Å². The maximum absolute atomic E-state index is 12.0. The predicted molar refractivity (Wildman–Crippen MR) is 103 cm³/mol. The number of halogens is 2. The van der Waals surface area contributed by atoms with E-state index in [9.17, 15) is 9.59 Å². The van der Waals surface area contributed by atoms with Gasteiger partial charge in [0.15, 0.2) is 6.61 Å². The van der Waals surface area contributed by atoms with Crippen molar-refractivity contribution in [2.45, 2.75) is 19.3 Å². The van der Waals surface area contributed by atoms with Crippen molar-refractivity contribution in [3.63, 3.8) is 0 Å². The lowest BCUT2D eigenvalue weighted by molar-refractivity contribution is -0.119. The first-order valence-corrected chi connectivity index (χ1v) is 9.06. The maximum Gasteiger partial charge on any atom is 0.262 e. The largest absolute Gasteiger partial charge is 0.482 e. The molecule has 1 N–H and O–H groups in total. The van der Waals surface area contributed by atoms with Crippen molar-refractivity contribution in [3.05, 3.63) is 52.5 Å². The molecule has 1 saturated heterocycles. The smallest absolute Gasteiger partial charge is 0.262 e. The minimum absolute atomic E-state index is 0.140. The molecule has 2 amide bonds. The third kappa shape index (κ3) is 4.68. The monoisotopic (exact) mass is 392 g/mol. The lowest BCUT2D eigenvalue weighted by Gasteiger charge is -2.26. The summed E-state index contributed by atoms with van der Waals surface area (Å²) in [4.78, 5) is 25.8. The van der Waals surface area contributed by atoms with Crippen LogP contribution in [0.4, 0.5) is 11.4 Å². The van der Waals surface area contributed by atoms with Crippen molar-refractivity contribution in [1.29, 1.82) is 0 Å². The molecule has 3 rings (SSSR count). The molecule has 0 atom stereocenters. The van der Waals surface area contributed by atoms with E-state index in [0.29, 0.717) is 27.9 Å². The fourth-order valence-electron chi connectivity index (χ4n) is 2.74. The van der Waals surface area contributed by atoms with E-state index in [-0.39, 0.29) is 18.4 Å². The molecule has 0 bridgehead atoms. The Hall–Kier alpha value is -2.24. The van der Waals surface area contributed by atoms with E-state index < -0.39 is 0 Å². The number of nitrogens with zero attached hydrogens (tertiary/aromatic N) is 1. The van der Waals surface area contributed by atoms with Gasteiger partial charge in [0.2, 0.25) is 5.91 Å². The van der Waals surface area contributed by atoms with Crippen LogP contribution in [0.2, 0.25) is 10.0 Å². The average molecular weight is 393 g/mol. The number of nitrogens with one attached hydrogen (secondary N) is 1. The van der Waals surface area contributed by atoms with Gasteiger partial charge in [-0.15, -0.1) is 0 Å². The van der Waals surface area contributed by atoms with E-state index in [4.69, 9.17) is 27.9 Å². The van der Waals surface area contributed by atoms with Gasteiger partial charge in [0, 0.05) is 29.4 Å². The second-order valence-corrected chi connectivity index (χ2v) is 6.80. The van der Waals surface area contributed by atoms with Crippen molar-refractivity contribution in [2.24, 2.45) is 0 Å². The Morgan fingerprint density at radius 3 is 2.58 bits per heavy atom. The lowest BCUT2D eigenvalue weighted by Crippen LogP contribution is -2.35. The summed E-state index contributed by atoms with van der Waals surface area (Å²) in [5.41, 5.74) is 1.48. The Bertz CT molecular complexity index is 809. The van der Waals surface area contributed by atoms with E-state index in [2.05, 4.69) is 5.32 Å². The van der Waals surface area contributed by atoms with Gasteiger partial charge in [-0.05, 0) is 55.3 Å². The fraction of sp³-hybridized carbons (Fsp3) is 0.263. The number of rotatable bonds is 5. The molecular weight excluding hydrogens is 375 g/mol. The highest BCUT2D eigenvalue weighted by atomic mass is 35.5. The van der Waals surface area contributed by atoms with Crippen molar-refractivity contribution in [1.82, 2.24) is 0 Å². The normalized spacial score (nSPS) is 14.2. The van der Waals surface area contributed by atoms with Crippen LogP contribution in [0.15, 0.2) is 42.5 Å². The first kappa shape index (κ1) is 18.5. The number of piperidine rings is 1. The number of carbonyl (C=O) groups is 2. The lowest BCUT2D eigenvalue weighted by atomic mass is 10.1. The number of benzene rings is 2.